The molecule has 0 aliphatic rings. The molecule has 0 aliphatic carbocycles. The Hall–Kier alpha value is -0.630. The van der Waals surface area contributed by atoms with Gasteiger partial charge in [-0.2, -0.15) is 0 Å². The number of rotatable bonds is 8. The number of hydrogen-bond donors (Lipinski definition) is 2. The molecule has 4 nitrogen and oxygen atoms in total. The largest absolute Gasteiger partial charge is 0.481 e. The van der Waals surface area contributed by atoms with Gasteiger partial charge in [0.1, 0.15) is 0 Å². The Bertz CT molecular complexity index is 406. The van der Waals surface area contributed by atoms with E-state index in [2.05, 4.69) is 40.0 Å². The third-order valence-electron chi connectivity index (χ3n) is 2.37. The van der Waals surface area contributed by atoms with Crippen LogP contribution in [-0.2, 0) is 16.0 Å². The third-order valence-corrected chi connectivity index (χ3v) is 4.32. The van der Waals surface area contributed by atoms with E-state index in [1.54, 1.807) is 11.3 Å². The zero-order chi connectivity index (χ0) is 13.4. The van der Waals surface area contributed by atoms with Crippen LogP contribution in [0.25, 0.3) is 0 Å². The predicted octanol–water partition coefficient (Wildman–Crippen LogP) is 2.66. The molecule has 0 aromatic carbocycles. The second kappa shape index (κ2) is 8.47. The first-order valence-electron chi connectivity index (χ1n) is 5.80. The fourth-order valence-corrected chi connectivity index (χ4v) is 3.22. The highest BCUT2D eigenvalue weighted by atomic mass is 127. The smallest absolute Gasteiger partial charge is 0.303 e. The molecule has 1 rings (SSSR count). The highest BCUT2D eigenvalue weighted by Gasteiger charge is 2.03. The molecule has 2 N–H and O–H groups in total. The van der Waals surface area contributed by atoms with E-state index in [9.17, 15) is 9.59 Å². The summed E-state index contributed by atoms with van der Waals surface area (Å²) in [6.07, 6.45) is 2.60. The molecule has 1 aromatic heterocycles. The van der Waals surface area contributed by atoms with Crippen molar-refractivity contribution in [2.24, 2.45) is 0 Å². The Kier molecular flexibility index (Phi) is 7.26. The minimum atomic E-state index is -0.803. The standard InChI is InChI=1S/C12H16INO3S/c13-10-6-5-9(18-10)7-8-14-11(15)3-1-2-4-12(16)17/h5-6H,1-4,7-8H2,(H,14,15)(H,16,17). The van der Waals surface area contributed by atoms with Gasteiger partial charge in [0.25, 0.3) is 0 Å². The van der Waals surface area contributed by atoms with Gasteiger partial charge in [0, 0.05) is 24.3 Å². The molecule has 0 saturated carbocycles. The number of carboxylic acids is 1. The summed E-state index contributed by atoms with van der Waals surface area (Å²) in [5, 5.41) is 11.3. The van der Waals surface area contributed by atoms with Crippen molar-refractivity contribution in [3.8, 4) is 0 Å². The lowest BCUT2D eigenvalue weighted by atomic mass is 10.2. The SMILES string of the molecule is O=C(O)CCCCC(=O)NCCc1ccc(I)s1. The second-order valence-corrected chi connectivity index (χ2v) is 6.97. The zero-order valence-electron chi connectivity index (χ0n) is 9.95. The molecule has 100 valence electrons. The summed E-state index contributed by atoms with van der Waals surface area (Å²) in [6.45, 7) is 0.647. The highest BCUT2D eigenvalue weighted by Crippen LogP contribution is 2.18. The molecule has 0 atom stereocenters. The molecule has 0 aliphatic heterocycles. The molecular formula is C12H16INO3S. The third kappa shape index (κ3) is 6.95. The number of carbonyl (C=O) groups is 2. The number of aliphatic carboxylic acids is 1. The summed E-state index contributed by atoms with van der Waals surface area (Å²) >= 11 is 4.01. The Morgan fingerprint density at radius 1 is 1.28 bits per heavy atom. The Labute approximate surface area is 124 Å². The summed E-state index contributed by atoms with van der Waals surface area (Å²) in [5.74, 6) is -0.797. The molecule has 1 heterocycles. The van der Waals surface area contributed by atoms with Crippen LogP contribution in [0.2, 0.25) is 0 Å². The minimum Gasteiger partial charge on any atom is -0.481 e. The number of carbonyl (C=O) groups excluding carboxylic acids is 1. The van der Waals surface area contributed by atoms with Crippen LogP contribution in [0.1, 0.15) is 30.6 Å². The van der Waals surface area contributed by atoms with Gasteiger partial charge < -0.3 is 10.4 Å². The summed E-state index contributed by atoms with van der Waals surface area (Å²) in [5.41, 5.74) is 0. The molecule has 0 fully saturated rings. The molecule has 1 amide bonds. The fourth-order valence-electron chi connectivity index (χ4n) is 1.46. The van der Waals surface area contributed by atoms with Gasteiger partial charge in [-0.05, 0) is 54.0 Å². The molecule has 0 unspecified atom stereocenters. The van der Waals surface area contributed by atoms with E-state index in [1.807, 2.05) is 0 Å². The number of thiophene rings is 1. The van der Waals surface area contributed by atoms with Crippen molar-refractivity contribution in [2.75, 3.05) is 6.54 Å². The Balaban J connectivity index is 2.05. The van der Waals surface area contributed by atoms with E-state index in [-0.39, 0.29) is 12.3 Å². The number of unbranched alkanes of at least 4 members (excludes halogenated alkanes) is 1. The van der Waals surface area contributed by atoms with Crippen molar-refractivity contribution in [3.63, 3.8) is 0 Å². The van der Waals surface area contributed by atoms with E-state index >= 15 is 0 Å². The molecule has 18 heavy (non-hydrogen) atoms. The van der Waals surface area contributed by atoms with Crippen molar-refractivity contribution in [1.29, 1.82) is 0 Å². The van der Waals surface area contributed by atoms with Gasteiger partial charge in [0.2, 0.25) is 5.91 Å². The van der Waals surface area contributed by atoms with Crippen LogP contribution in [0.3, 0.4) is 0 Å². The maximum atomic E-state index is 11.4. The lowest BCUT2D eigenvalue weighted by Crippen LogP contribution is -2.25. The van der Waals surface area contributed by atoms with E-state index in [0.717, 1.165) is 6.42 Å². The van der Waals surface area contributed by atoms with Crippen LogP contribution in [0.15, 0.2) is 12.1 Å². The number of hydrogen-bond acceptors (Lipinski definition) is 3. The van der Waals surface area contributed by atoms with Crippen molar-refractivity contribution < 1.29 is 14.7 Å². The first-order chi connectivity index (χ1) is 8.58. The van der Waals surface area contributed by atoms with E-state index in [4.69, 9.17) is 5.11 Å². The summed E-state index contributed by atoms with van der Waals surface area (Å²) in [6, 6.07) is 4.14. The topological polar surface area (TPSA) is 66.4 Å². The lowest BCUT2D eigenvalue weighted by Gasteiger charge is -2.03. The second-order valence-electron chi connectivity index (χ2n) is 3.91. The van der Waals surface area contributed by atoms with Crippen LogP contribution >= 0.6 is 33.9 Å². The zero-order valence-corrected chi connectivity index (χ0v) is 12.9. The monoisotopic (exact) mass is 381 g/mol. The van der Waals surface area contributed by atoms with Gasteiger partial charge in [-0.1, -0.05) is 0 Å². The van der Waals surface area contributed by atoms with Crippen molar-refractivity contribution >= 4 is 45.8 Å². The van der Waals surface area contributed by atoms with Crippen LogP contribution < -0.4 is 5.32 Å². The molecule has 6 heteroatoms. The van der Waals surface area contributed by atoms with E-state index in [0.29, 0.717) is 25.8 Å². The van der Waals surface area contributed by atoms with Gasteiger partial charge in [0.05, 0.1) is 2.88 Å². The molecule has 1 aromatic rings. The first kappa shape index (κ1) is 15.4. The quantitative estimate of drug-likeness (QED) is 0.538. The van der Waals surface area contributed by atoms with Gasteiger partial charge in [-0.25, -0.2) is 0 Å². The average molecular weight is 381 g/mol. The van der Waals surface area contributed by atoms with Crippen molar-refractivity contribution in [3.05, 3.63) is 19.9 Å². The predicted molar refractivity (Wildman–Crippen MR) is 79.9 cm³/mol. The number of halogens is 1. The van der Waals surface area contributed by atoms with Crippen molar-refractivity contribution in [1.82, 2.24) is 5.32 Å². The van der Waals surface area contributed by atoms with Gasteiger partial charge >= 0.3 is 5.97 Å². The van der Waals surface area contributed by atoms with Crippen LogP contribution in [0.5, 0.6) is 0 Å². The van der Waals surface area contributed by atoms with Gasteiger partial charge in [0.15, 0.2) is 0 Å². The van der Waals surface area contributed by atoms with Crippen LogP contribution in [0, 0.1) is 2.88 Å². The van der Waals surface area contributed by atoms with Crippen molar-refractivity contribution in [2.45, 2.75) is 32.1 Å². The number of amides is 1. The molecule has 0 bridgehead atoms. The highest BCUT2D eigenvalue weighted by molar-refractivity contribution is 14.1. The lowest BCUT2D eigenvalue weighted by molar-refractivity contribution is -0.137. The maximum Gasteiger partial charge on any atom is 0.303 e. The fraction of sp³-hybridized carbons (Fsp3) is 0.500. The summed E-state index contributed by atoms with van der Waals surface area (Å²) in [4.78, 5) is 23.0. The summed E-state index contributed by atoms with van der Waals surface area (Å²) < 4.78 is 1.25. The van der Waals surface area contributed by atoms with Crippen LogP contribution in [-0.4, -0.2) is 23.5 Å². The summed E-state index contributed by atoms with van der Waals surface area (Å²) in [7, 11) is 0. The van der Waals surface area contributed by atoms with Crippen LogP contribution in [0.4, 0.5) is 0 Å². The van der Waals surface area contributed by atoms with E-state index in [1.165, 1.54) is 7.76 Å². The Morgan fingerprint density at radius 3 is 2.61 bits per heavy atom. The van der Waals surface area contributed by atoms with E-state index < -0.39 is 5.97 Å². The minimum absolute atomic E-state index is 0.00615. The van der Waals surface area contributed by atoms with Gasteiger partial charge in [-0.3, -0.25) is 9.59 Å². The maximum absolute atomic E-state index is 11.4. The van der Waals surface area contributed by atoms with Gasteiger partial charge in [-0.15, -0.1) is 11.3 Å². The molecule has 0 radical (unpaired) electrons. The number of carboxylic acid groups (broad SMARTS) is 1. The first-order valence-corrected chi connectivity index (χ1v) is 7.70. The number of nitrogens with one attached hydrogen (secondary N) is 1. The Morgan fingerprint density at radius 2 is 2.00 bits per heavy atom. The molecule has 0 spiro atoms. The molecular weight excluding hydrogens is 365 g/mol. The normalized spacial score (nSPS) is 10.3. The molecule has 0 saturated heterocycles. The average Bonchev–Trinajstić information content (AvgIpc) is 2.70.